The highest BCUT2D eigenvalue weighted by Crippen LogP contribution is 2.47. The summed E-state index contributed by atoms with van der Waals surface area (Å²) in [5, 5.41) is 8.58. The first-order valence-electron chi connectivity index (χ1n) is 10.2. The molecule has 0 aromatic carbocycles. The average molecular weight is 391 g/mol. The first kappa shape index (κ1) is 20.4. The van der Waals surface area contributed by atoms with E-state index in [1.54, 1.807) is 12.5 Å². The van der Waals surface area contributed by atoms with Crippen LogP contribution in [-0.2, 0) is 4.43 Å². The number of hydrogen-bond donors (Lipinski definition) is 1. The molecule has 1 fully saturated rings. The van der Waals surface area contributed by atoms with E-state index in [-0.39, 0.29) is 12.1 Å². The van der Waals surface area contributed by atoms with Gasteiger partial charge in [0.2, 0.25) is 8.32 Å². The van der Waals surface area contributed by atoms with Crippen LogP contribution in [0.2, 0.25) is 16.6 Å². The summed E-state index contributed by atoms with van der Waals surface area (Å²) in [4.78, 5) is 8.42. The summed E-state index contributed by atoms with van der Waals surface area (Å²) in [5.74, 6) is 0.346. The average Bonchev–Trinajstić information content (AvgIpc) is 3.22. The highest BCUT2D eigenvalue weighted by Gasteiger charge is 2.49. The third-order valence-corrected chi connectivity index (χ3v) is 12.6. The number of rotatable bonds is 7. The standard InChI is InChI=1S/C19H34N6OSi/c1-12(2)27(13(3)4,14(5)6)26-18-8-16(7-15(18)9-20)25-19-17(23-24-25)10-21-11-22-19/h10-16,18H,7-9,20H2,1-6H3/t15-,16-,18+/m1/s1. The Morgan fingerprint density at radius 2 is 1.81 bits per heavy atom. The van der Waals surface area contributed by atoms with Crippen molar-refractivity contribution in [3.63, 3.8) is 0 Å². The van der Waals surface area contributed by atoms with Crippen LogP contribution in [0.4, 0.5) is 0 Å². The van der Waals surface area contributed by atoms with Gasteiger partial charge >= 0.3 is 0 Å². The number of nitrogens with zero attached hydrogens (tertiary/aromatic N) is 5. The molecule has 0 amide bonds. The first-order valence-corrected chi connectivity index (χ1v) is 12.3. The number of nitrogens with two attached hydrogens (primary N) is 1. The first-order chi connectivity index (χ1) is 12.8. The van der Waals surface area contributed by atoms with E-state index in [2.05, 4.69) is 61.8 Å². The third kappa shape index (κ3) is 3.54. The van der Waals surface area contributed by atoms with E-state index in [0.29, 0.717) is 29.1 Å². The van der Waals surface area contributed by atoms with Gasteiger partial charge in [0, 0.05) is 0 Å². The van der Waals surface area contributed by atoms with Crippen LogP contribution in [0.5, 0.6) is 0 Å². The minimum atomic E-state index is -1.95. The van der Waals surface area contributed by atoms with E-state index in [9.17, 15) is 0 Å². The Morgan fingerprint density at radius 3 is 2.41 bits per heavy atom. The molecule has 3 rings (SSSR count). The van der Waals surface area contributed by atoms with Crippen molar-refractivity contribution in [1.82, 2.24) is 25.0 Å². The molecule has 1 saturated carbocycles. The maximum atomic E-state index is 7.09. The summed E-state index contributed by atoms with van der Waals surface area (Å²) in [6, 6.07) is 0.224. The molecule has 2 aromatic heterocycles. The molecule has 27 heavy (non-hydrogen) atoms. The van der Waals surface area contributed by atoms with Gasteiger partial charge in [-0.3, -0.25) is 0 Å². The van der Waals surface area contributed by atoms with Crippen molar-refractivity contribution in [3.05, 3.63) is 12.5 Å². The van der Waals surface area contributed by atoms with Crippen LogP contribution >= 0.6 is 0 Å². The Balaban J connectivity index is 1.88. The molecule has 3 atom stereocenters. The van der Waals surface area contributed by atoms with E-state index in [1.807, 2.05) is 4.68 Å². The summed E-state index contributed by atoms with van der Waals surface area (Å²) in [6.07, 6.45) is 5.33. The number of fused-ring (bicyclic) bond motifs is 1. The normalized spacial score (nSPS) is 24.0. The molecule has 0 unspecified atom stereocenters. The van der Waals surface area contributed by atoms with E-state index < -0.39 is 8.32 Å². The molecule has 0 saturated heterocycles. The zero-order valence-electron chi connectivity index (χ0n) is 17.5. The second-order valence-electron chi connectivity index (χ2n) is 8.86. The molecule has 2 aromatic rings. The van der Waals surface area contributed by atoms with Crippen molar-refractivity contribution in [3.8, 4) is 0 Å². The Labute approximate surface area is 163 Å². The monoisotopic (exact) mass is 390 g/mol. The van der Waals surface area contributed by atoms with Crippen molar-refractivity contribution in [2.75, 3.05) is 6.54 Å². The van der Waals surface area contributed by atoms with E-state index >= 15 is 0 Å². The Morgan fingerprint density at radius 1 is 1.15 bits per heavy atom. The summed E-state index contributed by atoms with van der Waals surface area (Å²) >= 11 is 0. The van der Waals surface area contributed by atoms with Gasteiger partial charge in [-0.05, 0) is 41.9 Å². The lowest BCUT2D eigenvalue weighted by molar-refractivity contribution is 0.136. The van der Waals surface area contributed by atoms with Gasteiger partial charge in [0.1, 0.15) is 6.33 Å². The van der Waals surface area contributed by atoms with E-state index in [1.165, 1.54) is 0 Å². The lowest BCUT2D eigenvalue weighted by Gasteiger charge is -2.45. The minimum Gasteiger partial charge on any atom is -0.413 e. The highest BCUT2D eigenvalue weighted by atomic mass is 28.4. The van der Waals surface area contributed by atoms with Gasteiger partial charge in [0.25, 0.3) is 0 Å². The van der Waals surface area contributed by atoms with Gasteiger partial charge in [-0.1, -0.05) is 46.8 Å². The zero-order valence-corrected chi connectivity index (χ0v) is 18.5. The van der Waals surface area contributed by atoms with Gasteiger partial charge in [-0.2, -0.15) is 0 Å². The highest BCUT2D eigenvalue weighted by molar-refractivity contribution is 6.77. The fourth-order valence-electron chi connectivity index (χ4n) is 5.27. The summed E-state index contributed by atoms with van der Waals surface area (Å²) in [5.41, 5.74) is 9.39. The van der Waals surface area contributed by atoms with Crippen LogP contribution in [0.1, 0.15) is 60.4 Å². The number of aromatic nitrogens is 5. The Kier molecular flexibility index (Phi) is 5.98. The van der Waals surface area contributed by atoms with Crippen LogP contribution in [0.3, 0.4) is 0 Å². The molecule has 0 radical (unpaired) electrons. The summed E-state index contributed by atoms with van der Waals surface area (Å²) in [6.45, 7) is 14.6. The summed E-state index contributed by atoms with van der Waals surface area (Å²) in [7, 11) is -1.95. The Hall–Kier alpha value is -1.38. The minimum absolute atomic E-state index is 0.181. The molecule has 0 bridgehead atoms. The third-order valence-electron chi connectivity index (χ3n) is 6.45. The fraction of sp³-hybridized carbons (Fsp3) is 0.789. The number of hydrogen-bond acceptors (Lipinski definition) is 6. The van der Waals surface area contributed by atoms with Crippen molar-refractivity contribution >= 4 is 19.5 Å². The van der Waals surface area contributed by atoms with Crippen molar-refractivity contribution < 1.29 is 4.43 Å². The van der Waals surface area contributed by atoms with Gasteiger partial charge < -0.3 is 10.2 Å². The molecule has 0 spiro atoms. The summed E-state index contributed by atoms with van der Waals surface area (Å²) < 4.78 is 9.04. The smallest absolute Gasteiger partial charge is 0.200 e. The fourth-order valence-corrected chi connectivity index (χ4v) is 10.9. The second kappa shape index (κ2) is 7.93. The predicted molar refractivity (Wildman–Crippen MR) is 110 cm³/mol. The lowest BCUT2D eigenvalue weighted by Crippen LogP contribution is -2.51. The lowest BCUT2D eigenvalue weighted by atomic mass is 10.1. The predicted octanol–water partition coefficient (Wildman–Crippen LogP) is 3.69. The maximum absolute atomic E-state index is 7.09. The molecule has 1 aliphatic rings. The van der Waals surface area contributed by atoms with Crippen LogP contribution in [-0.4, -0.2) is 45.9 Å². The molecular weight excluding hydrogens is 356 g/mol. The molecule has 8 heteroatoms. The van der Waals surface area contributed by atoms with Crippen LogP contribution < -0.4 is 5.73 Å². The van der Waals surface area contributed by atoms with Gasteiger partial charge in [-0.15, -0.1) is 5.10 Å². The van der Waals surface area contributed by atoms with Gasteiger partial charge in [-0.25, -0.2) is 14.6 Å². The van der Waals surface area contributed by atoms with Crippen molar-refractivity contribution in [2.24, 2.45) is 11.7 Å². The van der Waals surface area contributed by atoms with Crippen LogP contribution in [0.15, 0.2) is 12.5 Å². The van der Waals surface area contributed by atoms with Crippen molar-refractivity contribution in [1.29, 1.82) is 0 Å². The zero-order chi connectivity index (χ0) is 19.8. The van der Waals surface area contributed by atoms with E-state index in [0.717, 1.165) is 24.0 Å². The largest absolute Gasteiger partial charge is 0.413 e. The molecule has 150 valence electrons. The molecule has 1 aliphatic carbocycles. The van der Waals surface area contributed by atoms with Crippen LogP contribution in [0, 0.1) is 5.92 Å². The molecule has 2 heterocycles. The Bertz CT molecular complexity index is 740. The molecular formula is C19H34N6OSi. The SMILES string of the molecule is CC(C)[Si](O[C@H]1C[C@H](n2nnc3cncnc32)C[C@@H]1CN)(C(C)C)C(C)C. The molecule has 7 nitrogen and oxygen atoms in total. The molecule has 0 aliphatic heterocycles. The quantitative estimate of drug-likeness (QED) is 0.725. The molecule has 2 N–H and O–H groups in total. The van der Waals surface area contributed by atoms with Gasteiger partial charge in [0.15, 0.2) is 11.2 Å². The van der Waals surface area contributed by atoms with Crippen molar-refractivity contribution in [2.45, 2.75) is 83.2 Å². The van der Waals surface area contributed by atoms with Crippen LogP contribution in [0.25, 0.3) is 11.2 Å². The van der Waals surface area contributed by atoms with Gasteiger partial charge in [0.05, 0.1) is 18.3 Å². The van der Waals surface area contributed by atoms with E-state index in [4.69, 9.17) is 10.2 Å². The maximum Gasteiger partial charge on any atom is 0.200 e. The topological polar surface area (TPSA) is 91.7 Å². The second-order valence-corrected chi connectivity index (χ2v) is 14.3.